The topological polar surface area (TPSA) is 64.1 Å². The Balaban J connectivity index is 2.24. The maximum absolute atomic E-state index is 12.5. The molecule has 0 aliphatic carbocycles. The van der Waals surface area contributed by atoms with E-state index in [2.05, 4.69) is 31.1 Å². The number of amides is 1. The molecule has 0 aliphatic heterocycles. The Kier molecular flexibility index (Phi) is 5.93. The van der Waals surface area contributed by atoms with Crippen LogP contribution in [0.25, 0.3) is 10.2 Å². The molecule has 1 N–H and O–H groups in total. The smallest absolute Gasteiger partial charge is 0.261 e. The molecule has 1 amide bonds. The molecule has 5 nitrogen and oxygen atoms in total. The number of rotatable bonds is 6. The van der Waals surface area contributed by atoms with Gasteiger partial charge in [0.1, 0.15) is 10.7 Å². The highest BCUT2D eigenvalue weighted by molar-refractivity contribution is 7.20. The summed E-state index contributed by atoms with van der Waals surface area (Å²) in [7, 11) is 0. The summed E-state index contributed by atoms with van der Waals surface area (Å²) in [6.07, 6.45) is 0.816. The molecule has 0 fully saturated rings. The Hall–Kier alpha value is -1.53. The predicted molar refractivity (Wildman–Crippen MR) is 99.0 cm³/mol. The van der Waals surface area contributed by atoms with Gasteiger partial charge in [-0.15, -0.1) is 11.3 Å². The molecule has 0 spiro atoms. The van der Waals surface area contributed by atoms with E-state index in [9.17, 15) is 4.79 Å². The third kappa shape index (κ3) is 4.11. The van der Waals surface area contributed by atoms with Crippen molar-refractivity contribution in [2.75, 3.05) is 19.8 Å². The lowest BCUT2D eigenvalue weighted by Crippen LogP contribution is -2.25. The number of carbonyl (C=O) groups is 1. The average molecular weight is 350 g/mol. The minimum Gasteiger partial charge on any atom is -0.382 e. The first-order chi connectivity index (χ1) is 11.3. The van der Waals surface area contributed by atoms with Gasteiger partial charge in [-0.05, 0) is 32.8 Å². The van der Waals surface area contributed by atoms with Crippen molar-refractivity contribution in [1.82, 2.24) is 15.3 Å². The Labute approximate surface area is 147 Å². The van der Waals surface area contributed by atoms with Gasteiger partial charge in [-0.25, -0.2) is 9.97 Å². The van der Waals surface area contributed by atoms with Gasteiger partial charge in [0, 0.05) is 30.6 Å². The second-order valence-electron chi connectivity index (χ2n) is 6.93. The van der Waals surface area contributed by atoms with Crippen LogP contribution < -0.4 is 5.32 Å². The number of carbonyl (C=O) groups excluding carboxylic acids is 1. The molecule has 0 aliphatic rings. The fourth-order valence-corrected chi connectivity index (χ4v) is 3.64. The molecular weight excluding hydrogens is 322 g/mol. The predicted octanol–water partition coefficient (Wildman–Crippen LogP) is 3.76. The van der Waals surface area contributed by atoms with Crippen LogP contribution in [0.15, 0.2) is 0 Å². The molecule has 6 heteroatoms. The zero-order chi connectivity index (χ0) is 17.9. The maximum atomic E-state index is 12.5. The van der Waals surface area contributed by atoms with Crippen molar-refractivity contribution in [3.63, 3.8) is 0 Å². The molecule has 132 valence electrons. The minimum absolute atomic E-state index is 0.0382. The third-order valence-electron chi connectivity index (χ3n) is 3.80. The van der Waals surface area contributed by atoms with Gasteiger partial charge in [0.2, 0.25) is 0 Å². The Bertz CT molecular complexity index is 732. The highest BCUT2D eigenvalue weighted by Gasteiger charge is 2.23. The normalized spacial score (nSPS) is 11.9. The Morgan fingerprint density at radius 1 is 1.25 bits per heavy atom. The molecule has 0 unspecified atom stereocenters. The van der Waals surface area contributed by atoms with Crippen LogP contribution in [0.4, 0.5) is 0 Å². The first-order valence-corrected chi connectivity index (χ1v) is 9.21. The molecule has 0 bridgehead atoms. The number of hydrogen-bond donors (Lipinski definition) is 1. The Morgan fingerprint density at radius 3 is 2.58 bits per heavy atom. The number of fused-ring (bicyclic) bond motifs is 1. The molecular formula is C18H27N3O2S. The van der Waals surface area contributed by atoms with Crippen LogP contribution in [0.5, 0.6) is 0 Å². The molecule has 2 aromatic heterocycles. The molecule has 2 rings (SSSR count). The van der Waals surface area contributed by atoms with Crippen LogP contribution in [-0.2, 0) is 10.2 Å². The maximum Gasteiger partial charge on any atom is 0.261 e. The van der Waals surface area contributed by atoms with Gasteiger partial charge >= 0.3 is 0 Å². The van der Waals surface area contributed by atoms with Crippen LogP contribution in [0.1, 0.15) is 60.9 Å². The highest BCUT2D eigenvalue weighted by Crippen LogP contribution is 2.33. The van der Waals surface area contributed by atoms with Crippen LogP contribution in [0, 0.1) is 13.8 Å². The van der Waals surface area contributed by atoms with Gasteiger partial charge in [0.05, 0.1) is 10.6 Å². The largest absolute Gasteiger partial charge is 0.382 e. The van der Waals surface area contributed by atoms with Crippen LogP contribution in [-0.4, -0.2) is 35.6 Å². The lowest BCUT2D eigenvalue weighted by atomic mass is 9.95. The van der Waals surface area contributed by atoms with Crippen molar-refractivity contribution in [3.05, 3.63) is 22.0 Å². The summed E-state index contributed by atoms with van der Waals surface area (Å²) in [6.45, 7) is 14.2. The van der Waals surface area contributed by atoms with Gasteiger partial charge in [-0.2, -0.15) is 0 Å². The fourth-order valence-electron chi connectivity index (χ4n) is 2.49. The second kappa shape index (κ2) is 7.57. The van der Waals surface area contributed by atoms with Crippen molar-refractivity contribution in [2.24, 2.45) is 0 Å². The van der Waals surface area contributed by atoms with E-state index in [1.54, 1.807) is 0 Å². The molecule has 0 saturated heterocycles. The summed E-state index contributed by atoms with van der Waals surface area (Å²) in [5, 5.41) is 3.97. The second-order valence-corrected chi connectivity index (χ2v) is 7.92. The van der Waals surface area contributed by atoms with Crippen molar-refractivity contribution in [2.45, 2.75) is 53.4 Å². The summed E-state index contributed by atoms with van der Waals surface area (Å²) >= 11 is 1.45. The lowest BCUT2D eigenvalue weighted by Gasteiger charge is -2.16. The van der Waals surface area contributed by atoms with Gasteiger partial charge in [-0.1, -0.05) is 20.8 Å². The Morgan fingerprint density at radius 2 is 1.96 bits per heavy atom. The molecule has 0 aromatic carbocycles. The number of ether oxygens (including phenoxy) is 1. The van der Waals surface area contributed by atoms with Crippen molar-refractivity contribution >= 4 is 27.5 Å². The first-order valence-electron chi connectivity index (χ1n) is 8.39. The number of thiophene rings is 1. The van der Waals surface area contributed by atoms with Crippen molar-refractivity contribution < 1.29 is 9.53 Å². The first kappa shape index (κ1) is 18.8. The quantitative estimate of drug-likeness (QED) is 0.807. The fraction of sp³-hybridized carbons (Fsp3) is 0.611. The van der Waals surface area contributed by atoms with E-state index < -0.39 is 0 Å². The molecule has 0 radical (unpaired) electrons. The number of nitrogens with one attached hydrogen (secondary N) is 1. The van der Waals surface area contributed by atoms with Crippen LogP contribution in [0.3, 0.4) is 0 Å². The number of aromatic nitrogens is 2. The molecule has 2 aromatic rings. The van der Waals surface area contributed by atoms with E-state index in [0.717, 1.165) is 38.6 Å². The zero-order valence-corrected chi connectivity index (χ0v) is 16.3. The number of nitrogens with zero attached hydrogens (tertiary/aromatic N) is 2. The summed E-state index contributed by atoms with van der Waals surface area (Å²) < 4.78 is 5.29. The molecule has 24 heavy (non-hydrogen) atoms. The summed E-state index contributed by atoms with van der Waals surface area (Å²) in [6, 6.07) is 0. The van der Waals surface area contributed by atoms with Crippen LogP contribution in [0.2, 0.25) is 0 Å². The number of hydrogen-bond acceptors (Lipinski definition) is 5. The van der Waals surface area contributed by atoms with E-state index in [1.165, 1.54) is 11.3 Å². The average Bonchev–Trinajstić information content (AvgIpc) is 2.83. The third-order valence-corrected chi connectivity index (χ3v) is 4.99. The standard InChI is InChI=1S/C18H27N3O2S/c1-7-23-10-8-9-19-15(22)14-11(2)13-12(3)20-17(18(4,5)6)21-16(13)24-14/h7-10H2,1-6H3,(H,19,22). The van der Waals surface area contributed by atoms with Gasteiger partial charge in [0.15, 0.2) is 0 Å². The summed E-state index contributed by atoms with van der Waals surface area (Å²) in [5.41, 5.74) is 1.79. The lowest BCUT2D eigenvalue weighted by molar-refractivity contribution is 0.0948. The van der Waals surface area contributed by atoms with Gasteiger partial charge in [0.25, 0.3) is 5.91 Å². The summed E-state index contributed by atoms with van der Waals surface area (Å²) in [4.78, 5) is 23.4. The van der Waals surface area contributed by atoms with Gasteiger partial charge < -0.3 is 10.1 Å². The summed E-state index contributed by atoms with van der Waals surface area (Å²) in [5.74, 6) is 0.779. The number of aryl methyl sites for hydroxylation is 2. The van der Waals surface area contributed by atoms with E-state index in [-0.39, 0.29) is 11.3 Å². The van der Waals surface area contributed by atoms with E-state index in [1.807, 2.05) is 20.8 Å². The minimum atomic E-state index is -0.113. The van der Waals surface area contributed by atoms with E-state index in [4.69, 9.17) is 9.72 Å². The molecule has 0 atom stereocenters. The van der Waals surface area contributed by atoms with Crippen molar-refractivity contribution in [3.8, 4) is 0 Å². The molecule has 0 saturated carbocycles. The van der Waals surface area contributed by atoms with Crippen molar-refractivity contribution in [1.29, 1.82) is 0 Å². The highest BCUT2D eigenvalue weighted by atomic mass is 32.1. The van der Waals surface area contributed by atoms with E-state index >= 15 is 0 Å². The monoisotopic (exact) mass is 349 g/mol. The van der Waals surface area contributed by atoms with E-state index in [0.29, 0.717) is 19.8 Å². The van der Waals surface area contributed by atoms with Gasteiger partial charge in [-0.3, -0.25) is 4.79 Å². The van der Waals surface area contributed by atoms with Crippen LogP contribution >= 0.6 is 11.3 Å². The zero-order valence-electron chi connectivity index (χ0n) is 15.4. The molecule has 2 heterocycles. The SMILES string of the molecule is CCOCCCNC(=O)c1sc2nc(C(C)(C)C)nc(C)c2c1C.